The van der Waals surface area contributed by atoms with Crippen LogP contribution in [0, 0.1) is 17.7 Å². The van der Waals surface area contributed by atoms with E-state index in [0.29, 0.717) is 44.5 Å². The third-order valence-electron chi connectivity index (χ3n) is 7.79. The third kappa shape index (κ3) is 7.11. The monoisotopic (exact) mass is 561 g/mol. The molecular weight excluding hydrogens is 531 g/mol. The van der Waals surface area contributed by atoms with E-state index in [1.807, 2.05) is 0 Å². The first-order valence-electron chi connectivity index (χ1n) is 12.9. The number of hydrogen-bond donors (Lipinski definition) is 1. The molecule has 0 radical (unpaired) electrons. The lowest BCUT2D eigenvalue weighted by Crippen LogP contribution is -2.42. The number of benzene rings is 2. The molecule has 1 aliphatic heterocycles. The number of nitrogens with zero attached hydrogens (tertiary/aromatic N) is 1. The molecule has 2 aliphatic rings. The minimum absolute atomic E-state index is 0.0209. The predicted octanol–water partition coefficient (Wildman–Crippen LogP) is 7.30. The van der Waals surface area contributed by atoms with Gasteiger partial charge in [0, 0.05) is 19.0 Å². The van der Waals surface area contributed by atoms with E-state index in [1.54, 1.807) is 12.1 Å². The second-order valence-corrected chi connectivity index (χ2v) is 10.5. The van der Waals surface area contributed by atoms with Gasteiger partial charge in [-0.05, 0) is 86.5 Å². The van der Waals surface area contributed by atoms with Crippen molar-refractivity contribution in [1.29, 1.82) is 0 Å². The van der Waals surface area contributed by atoms with Gasteiger partial charge in [-0.15, -0.1) is 0 Å². The summed E-state index contributed by atoms with van der Waals surface area (Å²) in [6.07, 6.45) is -9.06. The molecule has 39 heavy (non-hydrogen) atoms. The zero-order valence-corrected chi connectivity index (χ0v) is 21.2. The van der Waals surface area contributed by atoms with Gasteiger partial charge in [-0.25, -0.2) is 4.39 Å². The number of hydrogen-bond acceptors (Lipinski definition) is 3. The maximum atomic E-state index is 13.7. The normalized spacial score (nSPS) is 25.5. The van der Waals surface area contributed by atoms with E-state index >= 15 is 0 Å². The third-order valence-corrected chi connectivity index (χ3v) is 7.79. The summed E-state index contributed by atoms with van der Waals surface area (Å²) < 4.78 is 100. The van der Waals surface area contributed by atoms with E-state index in [1.165, 1.54) is 19.1 Å². The number of likely N-dealkylation sites (tertiary alicyclic amines) is 1. The van der Waals surface area contributed by atoms with Gasteiger partial charge in [0.1, 0.15) is 5.82 Å². The van der Waals surface area contributed by atoms with Crippen molar-refractivity contribution in [3.8, 4) is 0 Å². The Kier molecular flexibility index (Phi) is 8.61. The first-order chi connectivity index (χ1) is 18.2. The molecule has 214 valence electrons. The van der Waals surface area contributed by atoms with Gasteiger partial charge in [-0.1, -0.05) is 12.1 Å². The number of halogens is 7. The molecule has 2 aromatic rings. The number of ether oxygens (including phenoxy) is 1. The van der Waals surface area contributed by atoms with Gasteiger partial charge in [-0.2, -0.15) is 26.3 Å². The number of alkyl halides is 6. The van der Waals surface area contributed by atoms with Gasteiger partial charge in [-0.3, -0.25) is 4.79 Å². The summed E-state index contributed by atoms with van der Waals surface area (Å²) in [5.41, 5.74) is -2.29. The lowest BCUT2D eigenvalue weighted by atomic mass is 9.86. The van der Waals surface area contributed by atoms with Crippen LogP contribution in [0.4, 0.5) is 30.7 Å². The minimum Gasteiger partial charge on any atom is -0.481 e. The molecule has 5 atom stereocenters. The summed E-state index contributed by atoms with van der Waals surface area (Å²) >= 11 is 0. The smallest absolute Gasteiger partial charge is 0.416 e. The van der Waals surface area contributed by atoms with E-state index in [-0.39, 0.29) is 23.5 Å². The van der Waals surface area contributed by atoms with Crippen LogP contribution >= 0.6 is 0 Å². The van der Waals surface area contributed by atoms with Crippen molar-refractivity contribution in [2.24, 2.45) is 11.8 Å². The molecule has 2 aromatic carbocycles. The van der Waals surface area contributed by atoms with Crippen LogP contribution < -0.4 is 0 Å². The van der Waals surface area contributed by atoms with E-state index in [2.05, 4.69) is 4.90 Å². The fourth-order valence-electron chi connectivity index (χ4n) is 5.88. The molecule has 11 heteroatoms. The van der Waals surface area contributed by atoms with Crippen LogP contribution in [-0.2, 0) is 21.9 Å². The van der Waals surface area contributed by atoms with Crippen LogP contribution in [0.15, 0.2) is 42.5 Å². The molecule has 2 fully saturated rings. The number of piperidine rings is 1. The number of carboxylic acid groups (broad SMARTS) is 1. The van der Waals surface area contributed by atoms with Crippen LogP contribution in [-0.4, -0.2) is 41.7 Å². The van der Waals surface area contributed by atoms with Crippen LogP contribution in [0.5, 0.6) is 0 Å². The van der Waals surface area contributed by atoms with E-state index < -0.39 is 53.4 Å². The van der Waals surface area contributed by atoms with Crippen molar-refractivity contribution in [3.05, 3.63) is 70.5 Å². The lowest BCUT2D eigenvalue weighted by molar-refractivity contribution is -0.144. The summed E-state index contributed by atoms with van der Waals surface area (Å²) in [5.74, 6) is -2.09. The lowest BCUT2D eigenvalue weighted by Gasteiger charge is -2.35. The second-order valence-electron chi connectivity index (χ2n) is 10.5. The Labute approximate surface area is 221 Å². The molecule has 0 amide bonds. The molecule has 1 saturated heterocycles. The van der Waals surface area contributed by atoms with E-state index in [0.717, 1.165) is 18.5 Å². The summed E-state index contributed by atoms with van der Waals surface area (Å²) in [4.78, 5) is 13.6. The van der Waals surface area contributed by atoms with E-state index in [4.69, 9.17) is 4.74 Å². The Morgan fingerprint density at radius 1 is 1.00 bits per heavy atom. The highest BCUT2D eigenvalue weighted by atomic mass is 19.4. The molecule has 0 spiro atoms. The Hall–Kier alpha value is -2.66. The quantitative estimate of drug-likeness (QED) is 0.361. The van der Waals surface area contributed by atoms with Crippen LogP contribution in [0.25, 0.3) is 0 Å². The fourth-order valence-corrected chi connectivity index (χ4v) is 5.88. The Morgan fingerprint density at radius 3 is 2.18 bits per heavy atom. The van der Waals surface area contributed by atoms with Crippen molar-refractivity contribution in [1.82, 2.24) is 4.90 Å². The molecule has 0 bridgehead atoms. The fraction of sp³-hybridized carbons (Fsp3) is 0.536. The van der Waals surface area contributed by atoms with Gasteiger partial charge in [0.15, 0.2) is 0 Å². The molecule has 4 nitrogen and oxygen atoms in total. The Morgan fingerprint density at radius 2 is 1.62 bits per heavy atom. The van der Waals surface area contributed by atoms with E-state index in [9.17, 15) is 40.6 Å². The van der Waals surface area contributed by atoms with Crippen LogP contribution in [0.3, 0.4) is 0 Å². The predicted molar refractivity (Wildman–Crippen MR) is 128 cm³/mol. The van der Waals surface area contributed by atoms with Crippen molar-refractivity contribution in [2.45, 2.75) is 63.1 Å². The van der Waals surface area contributed by atoms with Gasteiger partial charge < -0.3 is 14.7 Å². The maximum Gasteiger partial charge on any atom is 0.416 e. The SMILES string of the molecule is C[C@@H](O[C@H]1CC[C@@H](CN2CCC[C@@H](C(=O)O)C2)[C@@H]1c1ccc(F)cc1)c1cc(C(F)(F)F)cc(C(F)(F)F)c1. The van der Waals surface area contributed by atoms with Crippen molar-refractivity contribution in [3.63, 3.8) is 0 Å². The molecular formula is C28H30F7NO3. The molecule has 1 saturated carbocycles. The highest BCUT2D eigenvalue weighted by Gasteiger charge is 2.42. The van der Waals surface area contributed by atoms with Crippen molar-refractivity contribution >= 4 is 5.97 Å². The zero-order chi connectivity index (χ0) is 28.5. The highest BCUT2D eigenvalue weighted by Crippen LogP contribution is 2.45. The summed E-state index contributed by atoms with van der Waals surface area (Å²) in [6.45, 7) is 3.10. The first kappa shape index (κ1) is 29.3. The van der Waals surface area contributed by atoms with Crippen molar-refractivity contribution < 1.29 is 45.4 Å². The molecule has 0 aromatic heterocycles. The standard InChI is InChI=1S/C28H30F7NO3/c1-16(20-11-21(27(30,31)32)13-22(12-20)28(33,34)35)39-24-9-6-18(25(24)17-4-7-23(29)8-5-17)14-36-10-2-3-19(15-36)26(37)38/h4-5,7-8,11-13,16,18-19,24-25H,2-3,6,9-10,14-15H2,1H3,(H,37,38)/t16-,18+,19-,24+,25+/m1/s1. The number of aliphatic carboxylic acids is 1. The molecule has 0 unspecified atom stereocenters. The largest absolute Gasteiger partial charge is 0.481 e. The Bertz CT molecular complexity index is 1120. The number of carboxylic acids is 1. The minimum atomic E-state index is -4.97. The Balaban J connectivity index is 1.59. The molecule has 1 aliphatic carbocycles. The van der Waals surface area contributed by atoms with Gasteiger partial charge >= 0.3 is 18.3 Å². The number of carbonyl (C=O) groups is 1. The summed E-state index contributed by atoms with van der Waals surface area (Å²) in [5, 5.41) is 9.44. The van der Waals surface area contributed by atoms with Gasteiger partial charge in [0.2, 0.25) is 0 Å². The van der Waals surface area contributed by atoms with Gasteiger partial charge in [0.25, 0.3) is 0 Å². The second kappa shape index (κ2) is 11.4. The average Bonchev–Trinajstić information content (AvgIpc) is 3.25. The summed E-state index contributed by atoms with van der Waals surface area (Å²) in [7, 11) is 0. The van der Waals surface area contributed by atoms with Crippen molar-refractivity contribution in [2.75, 3.05) is 19.6 Å². The molecule has 1 heterocycles. The zero-order valence-electron chi connectivity index (χ0n) is 21.2. The average molecular weight is 562 g/mol. The summed E-state index contributed by atoms with van der Waals surface area (Å²) in [6, 6.07) is 7.28. The van der Waals surface area contributed by atoms with Crippen LogP contribution in [0.2, 0.25) is 0 Å². The molecule has 4 rings (SSSR count). The maximum absolute atomic E-state index is 13.7. The number of rotatable bonds is 7. The first-order valence-corrected chi connectivity index (χ1v) is 12.9. The topological polar surface area (TPSA) is 49.8 Å². The van der Waals surface area contributed by atoms with Gasteiger partial charge in [0.05, 0.1) is 29.3 Å². The molecule has 1 N–H and O–H groups in total. The van der Waals surface area contributed by atoms with Crippen LogP contribution in [0.1, 0.15) is 66.9 Å². The highest BCUT2D eigenvalue weighted by molar-refractivity contribution is 5.70.